The standard InChI is InChI=1S/C22H16ClN3O5/c1-13-4-3-5-18(23)21(13)25-22(27)14(12-24)10-16-7-9-19(31-16)17-8-6-15(26(28)29)11-20(17)30-2/h3-11H,1-2H3,(H,25,27)/b14-10+. The number of nitrogens with one attached hydrogen (secondary N) is 1. The molecule has 156 valence electrons. The first-order valence-corrected chi connectivity index (χ1v) is 9.32. The van der Waals surface area contributed by atoms with Crippen molar-refractivity contribution in [3.8, 4) is 23.1 Å². The average molecular weight is 438 g/mol. The Labute approximate surface area is 182 Å². The summed E-state index contributed by atoms with van der Waals surface area (Å²) in [7, 11) is 1.39. The minimum absolute atomic E-state index is 0.120. The van der Waals surface area contributed by atoms with E-state index in [-0.39, 0.29) is 22.8 Å². The van der Waals surface area contributed by atoms with Gasteiger partial charge in [-0.3, -0.25) is 14.9 Å². The summed E-state index contributed by atoms with van der Waals surface area (Å²) in [6.07, 6.45) is 1.29. The monoisotopic (exact) mass is 437 g/mol. The summed E-state index contributed by atoms with van der Waals surface area (Å²) < 4.78 is 10.9. The van der Waals surface area contributed by atoms with Crippen LogP contribution < -0.4 is 10.1 Å². The molecule has 2 aromatic carbocycles. The summed E-state index contributed by atoms with van der Waals surface area (Å²) in [4.78, 5) is 23.0. The molecule has 0 saturated heterocycles. The number of anilines is 1. The molecule has 0 unspecified atom stereocenters. The van der Waals surface area contributed by atoms with E-state index < -0.39 is 10.8 Å². The maximum atomic E-state index is 12.5. The van der Waals surface area contributed by atoms with Crippen LogP contribution in [-0.2, 0) is 4.79 Å². The summed E-state index contributed by atoms with van der Waals surface area (Å²) in [5.74, 6) is 0.228. The van der Waals surface area contributed by atoms with Crippen LogP contribution in [0.1, 0.15) is 11.3 Å². The number of nitrogens with zero attached hydrogens (tertiary/aromatic N) is 2. The number of hydrogen-bond acceptors (Lipinski definition) is 6. The minimum Gasteiger partial charge on any atom is -0.496 e. The Morgan fingerprint density at radius 3 is 2.71 bits per heavy atom. The third-order valence-electron chi connectivity index (χ3n) is 4.40. The van der Waals surface area contributed by atoms with Gasteiger partial charge in [-0.05, 0) is 36.8 Å². The first-order valence-electron chi connectivity index (χ1n) is 8.95. The second-order valence-corrected chi connectivity index (χ2v) is 6.81. The molecule has 8 nitrogen and oxygen atoms in total. The van der Waals surface area contributed by atoms with E-state index in [9.17, 15) is 20.2 Å². The van der Waals surface area contributed by atoms with Crippen LogP contribution >= 0.6 is 11.6 Å². The Hall–Kier alpha value is -4.09. The van der Waals surface area contributed by atoms with Crippen LogP contribution in [0.2, 0.25) is 5.02 Å². The number of nitriles is 1. The number of aryl methyl sites for hydroxylation is 1. The second-order valence-electron chi connectivity index (χ2n) is 6.40. The molecule has 0 aliphatic carbocycles. The summed E-state index contributed by atoms with van der Waals surface area (Å²) >= 11 is 6.12. The normalized spacial score (nSPS) is 11.0. The lowest BCUT2D eigenvalue weighted by molar-refractivity contribution is -0.384. The average Bonchev–Trinajstić information content (AvgIpc) is 3.22. The van der Waals surface area contributed by atoms with Crippen molar-refractivity contribution in [1.82, 2.24) is 0 Å². The van der Waals surface area contributed by atoms with E-state index in [1.54, 1.807) is 37.3 Å². The lowest BCUT2D eigenvalue weighted by Gasteiger charge is -2.09. The number of methoxy groups -OCH3 is 1. The van der Waals surface area contributed by atoms with Crippen molar-refractivity contribution in [3.63, 3.8) is 0 Å². The van der Waals surface area contributed by atoms with Crippen LogP contribution in [-0.4, -0.2) is 17.9 Å². The molecule has 0 atom stereocenters. The van der Waals surface area contributed by atoms with Crippen LogP contribution in [0.5, 0.6) is 5.75 Å². The smallest absolute Gasteiger partial charge is 0.273 e. The molecular weight excluding hydrogens is 422 g/mol. The number of para-hydroxylation sites is 1. The summed E-state index contributed by atoms with van der Waals surface area (Å²) in [5.41, 5.74) is 1.36. The van der Waals surface area contributed by atoms with Crippen LogP contribution in [0.15, 0.2) is 58.5 Å². The number of ether oxygens (including phenoxy) is 1. The van der Waals surface area contributed by atoms with Crippen molar-refractivity contribution < 1.29 is 18.9 Å². The van der Waals surface area contributed by atoms with Gasteiger partial charge >= 0.3 is 0 Å². The number of nitro groups is 1. The molecular formula is C22H16ClN3O5. The first-order chi connectivity index (χ1) is 14.8. The fourth-order valence-corrected chi connectivity index (χ4v) is 3.10. The number of amides is 1. The fourth-order valence-electron chi connectivity index (χ4n) is 2.83. The molecule has 0 spiro atoms. The minimum atomic E-state index is -0.635. The third-order valence-corrected chi connectivity index (χ3v) is 4.72. The zero-order valence-electron chi connectivity index (χ0n) is 16.5. The van der Waals surface area contributed by atoms with E-state index in [4.69, 9.17) is 20.8 Å². The quantitative estimate of drug-likeness (QED) is 0.239. The molecule has 0 saturated carbocycles. The van der Waals surface area contributed by atoms with Gasteiger partial charge < -0.3 is 14.5 Å². The van der Waals surface area contributed by atoms with Crippen molar-refractivity contribution >= 4 is 35.0 Å². The van der Waals surface area contributed by atoms with Crippen LogP contribution in [0.3, 0.4) is 0 Å². The number of nitro benzene ring substituents is 1. The summed E-state index contributed by atoms with van der Waals surface area (Å²) in [6.45, 7) is 1.79. The molecule has 0 bridgehead atoms. The summed E-state index contributed by atoms with van der Waals surface area (Å²) in [5, 5.41) is 23.4. The van der Waals surface area contributed by atoms with Crippen LogP contribution in [0.25, 0.3) is 17.4 Å². The molecule has 0 radical (unpaired) electrons. The highest BCUT2D eigenvalue weighted by Crippen LogP contribution is 2.34. The van der Waals surface area contributed by atoms with Gasteiger partial charge in [-0.2, -0.15) is 5.26 Å². The molecule has 3 aromatic rings. The van der Waals surface area contributed by atoms with Gasteiger partial charge in [-0.25, -0.2) is 0 Å². The molecule has 1 heterocycles. The van der Waals surface area contributed by atoms with Gasteiger partial charge in [0, 0.05) is 12.1 Å². The fraction of sp³-hybridized carbons (Fsp3) is 0.0909. The Bertz CT molecular complexity index is 1220. The van der Waals surface area contributed by atoms with Crippen molar-refractivity contribution in [2.75, 3.05) is 12.4 Å². The lowest BCUT2D eigenvalue weighted by Crippen LogP contribution is -2.14. The van der Waals surface area contributed by atoms with Crippen LogP contribution in [0.4, 0.5) is 11.4 Å². The Morgan fingerprint density at radius 2 is 2.06 bits per heavy atom. The molecule has 1 aromatic heterocycles. The molecule has 1 amide bonds. The summed E-state index contributed by atoms with van der Waals surface area (Å²) in [6, 6.07) is 14.3. The van der Waals surface area contributed by atoms with Gasteiger partial charge in [0.05, 0.1) is 34.4 Å². The van der Waals surface area contributed by atoms with Gasteiger partial charge in [0.1, 0.15) is 28.9 Å². The zero-order chi connectivity index (χ0) is 22.5. The SMILES string of the molecule is COc1cc([N+](=O)[O-])ccc1-c1ccc(/C=C(\C#N)C(=O)Nc2c(C)cccc2Cl)o1. The van der Waals surface area contributed by atoms with Gasteiger partial charge in [0.2, 0.25) is 0 Å². The highest BCUT2D eigenvalue weighted by Gasteiger charge is 2.17. The van der Waals surface area contributed by atoms with E-state index in [0.717, 1.165) is 5.56 Å². The number of halogens is 1. The molecule has 9 heteroatoms. The lowest BCUT2D eigenvalue weighted by atomic mass is 10.1. The number of furan rings is 1. The molecule has 1 N–H and O–H groups in total. The Balaban J connectivity index is 1.88. The largest absolute Gasteiger partial charge is 0.496 e. The highest BCUT2D eigenvalue weighted by atomic mass is 35.5. The molecule has 0 fully saturated rings. The number of benzene rings is 2. The molecule has 31 heavy (non-hydrogen) atoms. The number of non-ortho nitro benzene ring substituents is 1. The second kappa shape index (κ2) is 9.15. The number of rotatable bonds is 6. The Morgan fingerprint density at radius 1 is 1.29 bits per heavy atom. The van der Waals surface area contributed by atoms with Crippen molar-refractivity contribution in [1.29, 1.82) is 5.26 Å². The van der Waals surface area contributed by atoms with Crippen LogP contribution in [0, 0.1) is 28.4 Å². The molecule has 0 aliphatic rings. The van der Waals surface area contributed by atoms with Gasteiger partial charge in [-0.15, -0.1) is 0 Å². The third kappa shape index (κ3) is 4.74. The topological polar surface area (TPSA) is 118 Å². The number of carbonyl (C=O) groups is 1. The predicted molar refractivity (Wildman–Crippen MR) is 116 cm³/mol. The van der Waals surface area contributed by atoms with Gasteiger partial charge in [0.15, 0.2) is 0 Å². The van der Waals surface area contributed by atoms with E-state index >= 15 is 0 Å². The maximum absolute atomic E-state index is 12.5. The van der Waals surface area contributed by atoms with E-state index in [2.05, 4.69) is 5.32 Å². The van der Waals surface area contributed by atoms with Crippen molar-refractivity contribution in [2.24, 2.45) is 0 Å². The van der Waals surface area contributed by atoms with Crippen molar-refractivity contribution in [3.05, 3.63) is 80.6 Å². The molecule has 0 aliphatic heterocycles. The van der Waals surface area contributed by atoms with E-state index in [1.807, 2.05) is 6.07 Å². The van der Waals surface area contributed by atoms with Gasteiger partial charge in [-0.1, -0.05) is 23.7 Å². The maximum Gasteiger partial charge on any atom is 0.273 e. The van der Waals surface area contributed by atoms with E-state index in [0.29, 0.717) is 22.0 Å². The Kier molecular flexibility index (Phi) is 6.38. The predicted octanol–water partition coefficient (Wildman–Crippen LogP) is 5.37. The number of carbonyl (C=O) groups excluding carboxylic acids is 1. The first kappa shape index (κ1) is 21.6. The number of hydrogen-bond donors (Lipinski definition) is 1. The van der Waals surface area contributed by atoms with Crippen molar-refractivity contribution in [2.45, 2.75) is 6.92 Å². The highest BCUT2D eigenvalue weighted by molar-refractivity contribution is 6.34. The van der Waals surface area contributed by atoms with E-state index in [1.165, 1.54) is 31.4 Å². The zero-order valence-corrected chi connectivity index (χ0v) is 17.3. The molecule has 3 rings (SSSR count). The van der Waals surface area contributed by atoms with Gasteiger partial charge in [0.25, 0.3) is 11.6 Å².